The molecule has 2 aromatic heterocycles. The molecular formula is C28H24FN5O2S. The molecule has 0 spiro atoms. The van der Waals surface area contributed by atoms with Crippen LogP contribution in [0.2, 0.25) is 0 Å². The van der Waals surface area contributed by atoms with Crippen molar-refractivity contribution in [1.29, 1.82) is 0 Å². The molecule has 9 heteroatoms. The van der Waals surface area contributed by atoms with Crippen LogP contribution in [0.3, 0.4) is 0 Å². The Labute approximate surface area is 216 Å². The Morgan fingerprint density at radius 2 is 1.73 bits per heavy atom. The van der Waals surface area contributed by atoms with Gasteiger partial charge < -0.3 is 15.2 Å². The Morgan fingerprint density at radius 1 is 1.00 bits per heavy atom. The molecule has 0 aliphatic heterocycles. The Balaban J connectivity index is 1.28. The molecule has 5 rings (SSSR count). The average molecular weight is 514 g/mol. The van der Waals surface area contributed by atoms with Gasteiger partial charge in [-0.25, -0.2) is 8.91 Å². The first-order valence-corrected chi connectivity index (χ1v) is 13.1. The number of aryl methyl sites for hydroxylation is 1. The number of hydrogen-bond donors (Lipinski definition) is 2. The van der Waals surface area contributed by atoms with Crippen molar-refractivity contribution in [2.75, 3.05) is 11.6 Å². The summed E-state index contributed by atoms with van der Waals surface area (Å²) in [7, 11) is 0. The van der Waals surface area contributed by atoms with Crippen LogP contribution in [-0.4, -0.2) is 31.3 Å². The van der Waals surface area contributed by atoms with E-state index in [1.165, 1.54) is 12.1 Å². The molecule has 0 aliphatic carbocycles. The van der Waals surface area contributed by atoms with Crippen LogP contribution in [-0.2, 0) is 17.7 Å². The van der Waals surface area contributed by atoms with Gasteiger partial charge in [0, 0.05) is 29.6 Å². The zero-order valence-electron chi connectivity index (χ0n) is 20.2. The van der Waals surface area contributed by atoms with Crippen LogP contribution < -0.4 is 10.6 Å². The number of pyridine rings is 1. The molecule has 0 fully saturated rings. The maximum atomic E-state index is 13.0. The predicted molar refractivity (Wildman–Crippen MR) is 143 cm³/mol. The molecule has 7 nitrogen and oxygen atoms in total. The lowest BCUT2D eigenvalue weighted by Gasteiger charge is -2.09. The van der Waals surface area contributed by atoms with Gasteiger partial charge in [-0.2, -0.15) is 4.98 Å². The van der Waals surface area contributed by atoms with Crippen LogP contribution >= 0.6 is 0 Å². The largest absolute Gasteiger partial charge is 0.612 e. The third-order valence-corrected chi connectivity index (χ3v) is 6.87. The zero-order chi connectivity index (χ0) is 25.9. The minimum atomic E-state index is -1.04. The van der Waals surface area contributed by atoms with E-state index in [1.807, 2.05) is 55.6 Å². The van der Waals surface area contributed by atoms with Crippen LogP contribution in [0.25, 0.3) is 16.8 Å². The zero-order valence-corrected chi connectivity index (χ0v) is 21.1. The van der Waals surface area contributed by atoms with Crippen molar-refractivity contribution in [3.05, 3.63) is 108 Å². The number of amides is 1. The fraction of sp³-hybridized carbons (Fsp3) is 0.107. The number of rotatable bonds is 7. The molecule has 0 aliphatic rings. The maximum absolute atomic E-state index is 13.0. The van der Waals surface area contributed by atoms with Crippen molar-refractivity contribution in [1.82, 2.24) is 19.9 Å². The highest BCUT2D eigenvalue weighted by molar-refractivity contribution is 7.90. The first-order valence-electron chi connectivity index (χ1n) is 11.6. The van der Waals surface area contributed by atoms with Crippen molar-refractivity contribution >= 4 is 34.4 Å². The predicted octanol–water partition coefficient (Wildman–Crippen LogP) is 5.25. The lowest BCUT2D eigenvalue weighted by molar-refractivity contribution is 0.0951. The quantitative estimate of drug-likeness (QED) is 0.290. The van der Waals surface area contributed by atoms with Crippen molar-refractivity contribution in [2.24, 2.45) is 0 Å². The van der Waals surface area contributed by atoms with Crippen LogP contribution in [0.5, 0.6) is 0 Å². The lowest BCUT2D eigenvalue weighted by Crippen LogP contribution is -2.22. The Hall–Kier alpha value is -4.21. The van der Waals surface area contributed by atoms with Crippen molar-refractivity contribution < 1.29 is 13.7 Å². The van der Waals surface area contributed by atoms with Crippen LogP contribution in [0.1, 0.15) is 21.5 Å². The van der Waals surface area contributed by atoms with E-state index >= 15 is 0 Å². The number of anilines is 2. The van der Waals surface area contributed by atoms with E-state index in [9.17, 15) is 13.7 Å². The highest BCUT2D eigenvalue weighted by Gasteiger charge is 2.11. The smallest absolute Gasteiger partial charge is 0.251 e. The summed E-state index contributed by atoms with van der Waals surface area (Å²) in [6.45, 7) is 2.27. The molecule has 2 N–H and O–H groups in total. The summed E-state index contributed by atoms with van der Waals surface area (Å²) < 4.78 is 26.5. The second kappa shape index (κ2) is 10.4. The molecule has 0 saturated heterocycles. The molecule has 37 heavy (non-hydrogen) atoms. The van der Waals surface area contributed by atoms with E-state index in [2.05, 4.69) is 20.7 Å². The first kappa shape index (κ1) is 24.5. The Morgan fingerprint density at radius 3 is 2.43 bits per heavy atom. The number of nitrogens with zero attached hydrogens (tertiary/aromatic N) is 3. The fourth-order valence-electron chi connectivity index (χ4n) is 3.88. The minimum absolute atomic E-state index is 0.202. The molecule has 3 aromatic carbocycles. The van der Waals surface area contributed by atoms with E-state index in [1.54, 1.807) is 35.0 Å². The number of benzene rings is 3. The van der Waals surface area contributed by atoms with Crippen molar-refractivity contribution in [3.63, 3.8) is 0 Å². The van der Waals surface area contributed by atoms with Gasteiger partial charge >= 0.3 is 0 Å². The summed E-state index contributed by atoms with van der Waals surface area (Å²) in [5.41, 5.74) is 5.70. The number of halogens is 1. The van der Waals surface area contributed by atoms with E-state index in [0.717, 1.165) is 32.8 Å². The Bertz CT molecular complexity index is 1570. The molecule has 1 atom stereocenters. The number of fused-ring (bicyclic) bond motifs is 1. The second-order valence-electron chi connectivity index (χ2n) is 8.60. The molecule has 5 aromatic rings. The molecule has 0 unspecified atom stereocenters. The normalized spacial score (nSPS) is 11.9. The maximum Gasteiger partial charge on any atom is 0.251 e. The molecule has 1 amide bonds. The van der Waals surface area contributed by atoms with Gasteiger partial charge in [0.05, 0.1) is 0 Å². The summed E-state index contributed by atoms with van der Waals surface area (Å²) >= 11 is -1.04. The van der Waals surface area contributed by atoms with E-state index in [4.69, 9.17) is 0 Å². The number of nitrogens with one attached hydrogen (secondary N) is 2. The summed E-state index contributed by atoms with van der Waals surface area (Å²) in [6.07, 6.45) is 3.54. The molecule has 0 saturated carbocycles. The molecule has 0 bridgehead atoms. The van der Waals surface area contributed by atoms with Gasteiger partial charge in [0.1, 0.15) is 12.1 Å². The Kier molecular flexibility index (Phi) is 6.89. The fourth-order valence-corrected chi connectivity index (χ4v) is 4.49. The molecular weight excluding hydrogens is 489 g/mol. The minimum Gasteiger partial charge on any atom is -0.612 e. The van der Waals surface area contributed by atoms with Gasteiger partial charge in [-0.1, -0.05) is 24.3 Å². The van der Waals surface area contributed by atoms with Gasteiger partial charge in [0.2, 0.25) is 5.95 Å². The van der Waals surface area contributed by atoms with Gasteiger partial charge in [-0.15, -0.1) is 5.10 Å². The van der Waals surface area contributed by atoms with Crippen molar-refractivity contribution in [2.45, 2.75) is 18.4 Å². The number of hydrogen-bond acceptors (Lipinski definition) is 5. The third-order valence-electron chi connectivity index (χ3n) is 5.95. The van der Waals surface area contributed by atoms with Gasteiger partial charge in [-0.3, -0.25) is 4.79 Å². The lowest BCUT2D eigenvalue weighted by atomic mass is 10.1. The summed E-state index contributed by atoms with van der Waals surface area (Å²) in [6, 6.07) is 22.8. The third kappa shape index (κ3) is 5.63. The monoisotopic (exact) mass is 513 g/mol. The average Bonchev–Trinajstić information content (AvgIpc) is 3.31. The summed E-state index contributed by atoms with van der Waals surface area (Å²) in [5, 5.41) is 10.6. The number of aromatic nitrogens is 3. The summed E-state index contributed by atoms with van der Waals surface area (Å²) in [4.78, 5) is 17.8. The first-order chi connectivity index (χ1) is 17.9. The second-order valence-corrected chi connectivity index (χ2v) is 9.98. The van der Waals surface area contributed by atoms with Crippen molar-refractivity contribution in [3.8, 4) is 11.1 Å². The standard InChI is InChI=1S/C28H24FN5O2S/c1-18-15-24(37(2)36)12-13-25(18)31-28-32-26-14-9-22(17-34(26)33-28)20-5-7-21(8-6-20)27(35)30-16-19-3-10-23(29)11-4-19/h3-15,17H,16H2,1-2H3,(H,30,35)(H,31,33)/t37-/m1/s1. The van der Waals surface area contributed by atoms with E-state index in [0.29, 0.717) is 23.7 Å². The highest BCUT2D eigenvalue weighted by Crippen LogP contribution is 2.24. The molecule has 186 valence electrons. The van der Waals surface area contributed by atoms with Gasteiger partial charge in [-0.05, 0) is 89.4 Å². The SMILES string of the molecule is Cc1cc([S@@+](C)[O-])ccc1Nc1nc2ccc(-c3ccc(C(=O)NCc4ccc(F)cc4)cc3)cn2n1. The van der Waals surface area contributed by atoms with Crippen LogP contribution in [0, 0.1) is 12.7 Å². The van der Waals surface area contributed by atoms with E-state index < -0.39 is 11.2 Å². The van der Waals surface area contributed by atoms with Gasteiger partial charge in [0.25, 0.3) is 5.91 Å². The number of carbonyl (C=O) groups is 1. The molecule has 0 radical (unpaired) electrons. The summed E-state index contributed by atoms with van der Waals surface area (Å²) in [5.74, 6) is -0.0515. The number of carbonyl (C=O) groups excluding carboxylic acids is 1. The topological polar surface area (TPSA) is 94.4 Å². The highest BCUT2D eigenvalue weighted by atomic mass is 32.2. The molecule has 2 heterocycles. The van der Waals surface area contributed by atoms with Crippen LogP contribution in [0.15, 0.2) is 90.0 Å². The van der Waals surface area contributed by atoms with E-state index in [-0.39, 0.29) is 11.7 Å². The van der Waals surface area contributed by atoms with Crippen LogP contribution in [0.4, 0.5) is 16.0 Å². The van der Waals surface area contributed by atoms with Gasteiger partial charge in [0.15, 0.2) is 10.5 Å².